The van der Waals surface area contributed by atoms with Gasteiger partial charge in [0.15, 0.2) is 6.61 Å². The molecule has 0 unspecified atom stereocenters. The molecule has 30 heavy (non-hydrogen) atoms. The van der Waals surface area contributed by atoms with E-state index in [0.29, 0.717) is 44.5 Å². The zero-order valence-corrected chi connectivity index (χ0v) is 17.9. The lowest BCUT2D eigenvalue weighted by Crippen LogP contribution is -2.24. The predicted molar refractivity (Wildman–Crippen MR) is 117 cm³/mol. The molecule has 0 heterocycles. The van der Waals surface area contributed by atoms with Gasteiger partial charge in [0.1, 0.15) is 17.3 Å². The number of nitrogens with one attached hydrogen (secondary N) is 1. The monoisotopic (exact) mass is 447 g/mol. The summed E-state index contributed by atoms with van der Waals surface area (Å²) in [6.07, 6.45) is 0.398. The molecule has 2 N–H and O–H groups in total. The highest BCUT2D eigenvalue weighted by Crippen LogP contribution is 2.35. The van der Waals surface area contributed by atoms with E-state index in [9.17, 15) is 14.3 Å². The van der Waals surface area contributed by atoms with Crippen LogP contribution >= 0.6 is 23.2 Å². The number of likely N-dealkylation sites (N-methyl/N-ethyl adjacent to an activating group) is 1. The van der Waals surface area contributed by atoms with Crippen LogP contribution < -0.4 is 10.1 Å². The summed E-state index contributed by atoms with van der Waals surface area (Å²) in [5.41, 5.74) is 3.15. The Labute approximate surface area is 184 Å². The molecule has 7 heteroatoms. The number of hydrogen-bond donors (Lipinski definition) is 2. The summed E-state index contributed by atoms with van der Waals surface area (Å²) >= 11 is 12.8. The SMILES string of the molecule is CNC(=O)COc1cc(Cl)c(Cc2ccc(O)c(-c3ccc(C)c(F)c3)c2)c(Cl)c1. The number of rotatable bonds is 6. The predicted octanol–water partition coefficient (Wildman–Crippen LogP) is 5.53. The van der Waals surface area contributed by atoms with Gasteiger partial charge in [-0.1, -0.05) is 41.4 Å². The lowest BCUT2D eigenvalue weighted by Gasteiger charge is -2.13. The van der Waals surface area contributed by atoms with E-state index in [-0.39, 0.29) is 24.1 Å². The quantitative estimate of drug-likeness (QED) is 0.522. The number of phenols is 1. The third-order valence-electron chi connectivity index (χ3n) is 4.69. The van der Waals surface area contributed by atoms with E-state index in [1.807, 2.05) is 0 Å². The van der Waals surface area contributed by atoms with Gasteiger partial charge in [-0.15, -0.1) is 0 Å². The molecule has 0 fully saturated rings. The first-order chi connectivity index (χ1) is 14.3. The molecule has 1 amide bonds. The van der Waals surface area contributed by atoms with Gasteiger partial charge in [0.2, 0.25) is 0 Å². The molecule has 0 bridgehead atoms. The van der Waals surface area contributed by atoms with Gasteiger partial charge in [0.05, 0.1) is 0 Å². The topological polar surface area (TPSA) is 58.6 Å². The molecule has 0 saturated heterocycles. The zero-order valence-electron chi connectivity index (χ0n) is 16.4. The van der Waals surface area contributed by atoms with E-state index < -0.39 is 0 Å². The first-order valence-corrected chi connectivity index (χ1v) is 9.93. The Morgan fingerprint density at radius 1 is 1.10 bits per heavy atom. The third-order valence-corrected chi connectivity index (χ3v) is 5.36. The number of aromatic hydroxyl groups is 1. The van der Waals surface area contributed by atoms with Gasteiger partial charge >= 0.3 is 0 Å². The van der Waals surface area contributed by atoms with E-state index in [0.717, 1.165) is 5.56 Å². The molecule has 0 aromatic heterocycles. The Balaban J connectivity index is 1.87. The highest BCUT2D eigenvalue weighted by molar-refractivity contribution is 6.36. The average molecular weight is 448 g/mol. The molecule has 0 aliphatic carbocycles. The average Bonchev–Trinajstić information content (AvgIpc) is 2.72. The van der Waals surface area contributed by atoms with Crippen LogP contribution in [0, 0.1) is 12.7 Å². The molecule has 4 nitrogen and oxygen atoms in total. The van der Waals surface area contributed by atoms with Crippen molar-refractivity contribution in [1.29, 1.82) is 0 Å². The summed E-state index contributed by atoms with van der Waals surface area (Å²) in [4.78, 5) is 11.3. The van der Waals surface area contributed by atoms with Crippen LogP contribution in [-0.4, -0.2) is 24.7 Å². The molecule has 0 aliphatic heterocycles. The lowest BCUT2D eigenvalue weighted by atomic mass is 9.97. The van der Waals surface area contributed by atoms with Crippen molar-refractivity contribution < 1.29 is 19.0 Å². The van der Waals surface area contributed by atoms with Gasteiger partial charge in [-0.05, 0) is 59.5 Å². The van der Waals surface area contributed by atoms with E-state index in [4.69, 9.17) is 27.9 Å². The Hall–Kier alpha value is -2.76. The standard InChI is InChI=1S/C23H20Cl2FNO3/c1-13-3-5-15(9-21(13)26)17-7-14(4-6-22(17)28)8-18-19(24)10-16(11-20(18)25)30-12-23(29)27-2/h3-7,9-11,28H,8,12H2,1-2H3,(H,27,29). The van der Waals surface area contributed by atoms with Gasteiger partial charge in [-0.2, -0.15) is 0 Å². The summed E-state index contributed by atoms with van der Waals surface area (Å²) < 4.78 is 19.4. The van der Waals surface area contributed by atoms with Crippen molar-refractivity contribution in [3.8, 4) is 22.6 Å². The molecule has 3 aromatic carbocycles. The summed E-state index contributed by atoms with van der Waals surface area (Å²) in [6.45, 7) is 1.54. The normalized spacial score (nSPS) is 10.7. The number of aryl methyl sites for hydroxylation is 1. The van der Waals surface area contributed by atoms with Crippen LogP contribution in [0.15, 0.2) is 48.5 Å². The van der Waals surface area contributed by atoms with Crippen molar-refractivity contribution in [2.24, 2.45) is 0 Å². The molecule has 0 spiro atoms. The largest absolute Gasteiger partial charge is 0.507 e. The number of halogens is 3. The maximum Gasteiger partial charge on any atom is 0.257 e. The zero-order chi connectivity index (χ0) is 21.8. The molecule has 3 aromatic rings. The fourth-order valence-electron chi connectivity index (χ4n) is 2.94. The Bertz CT molecular complexity index is 1080. The smallest absolute Gasteiger partial charge is 0.257 e. The maximum absolute atomic E-state index is 14.0. The lowest BCUT2D eigenvalue weighted by molar-refractivity contribution is -0.122. The molecule has 0 aliphatic rings. The van der Waals surface area contributed by atoms with Crippen LogP contribution in [0.3, 0.4) is 0 Å². The highest BCUT2D eigenvalue weighted by Gasteiger charge is 2.13. The van der Waals surface area contributed by atoms with E-state index >= 15 is 0 Å². The Morgan fingerprint density at radius 3 is 2.43 bits per heavy atom. The first-order valence-electron chi connectivity index (χ1n) is 9.18. The summed E-state index contributed by atoms with van der Waals surface area (Å²) in [7, 11) is 1.52. The number of hydrogen-bond acceptors (Lipinski definition) is 3. The highest BCUT2D eigenvalue weighted by atomic mass is 35.5. The number of amides is 1. The fourth-order valence-corrected chi connectivity index (χ4v) is 3.54. The van der Waals surface area contributed by atoms with E-state index in [2.05, 4.69) is 5.32 Å². The molecule has 0 atom stereocenters. The van der Waals surface area contributed by atoms with Crippen molar-refractivity contribution in [1.82, 2.24) is 5.32 Å². The number of ether oxygens (including phenoxy) is 1. The third kappa shape index (κ3) is 5.04. The fraction of sp³-hybridized carbons (Fsp3) is 0.174. The van der Waals surface area contributed by atoms with Crippen molar-refractivity contribution in [3.05, 3.63) is 81.1 Å². The Morgan fingerprint density at radius 2 is 1.80 bits per heavy atom. The van der Waals surface area contributed by atoms with Crippen LogP contribution in [0.1, 0.15) is 16.7 Å². The summed E-state index contributed by atoms with van der Waals surface area (Å²) in [5, 5.41) is 13.5. The summed E-state index contributed by atoms with van der Waals surface area (Å²) in [5.74, 6) is -0.165. The molecule has 0 radical (unpaired) electrons. The van der Waals surface area contributed by atoms with Gasteiger partial charge in [0, 0.05) is 29.1 Å². The van der Waals surface area contributed by atoms with E-state index in [1.54, 1.807) is 49.4 Å². The molecule has 3 rings (SSSR count). The van der Waals surface area contributed by atoms with Gasteiger partial charge in [-0.25, -0.2) is 4.39 Å². The van der Waals surface area contributed by atoms with Crippen molar-refractivity contribution in [3.63, 3.8) is 0 Å². The van der Waals surface area contributed by atoms with Crippen LogP contribution in [0.25, 0.3) is 11.1 Å². The first kappa shape index (κ1) is 21.9. The van der Waals surface area contributed by atoms with Crippen LogP contribution in [0.2, 0.25) is 10.0 Å². The van der Waals surface area contributed by atoms with Crippen molar-refractivity contribution >= 4 is 29.1 Å². The van der Waals surface area contributed by atoms with Gasteiger partial charge in [0.25, 0.3) is 5.91 Å². The minimum absolute atomic E-state index is 0.0529. The van der Waals surface area contributed by atoms with Gasteiger partial charge < -0.3 is 15.2 Å². The molecule has 0 saturated carbocycles. The molecular weight excluding hydrogens is 428 g/mol. The minimum Gasteiger partial charge on any atom is -0.507 e. The van der Waals surface area contributed by atoms with E-state index in [1.165, 1.54) is 13.1 Å². The molecule has 156 valence electrons. The van der Waals surface area contributed by atoms with Crippen molar-refractivity contribution in [2.45, 2.75) is 13.3 Å². The number of carbonyl (C=O) groups excluding carboxylic acids is 1. The van der Waals surface area contributed by atoms with Gasteiger partial charge in [-0.3, -0.25) is 4.79 Å². The maximum atomic E-state index is 14.0. The summed E-state index contributed by atoms with van der Waals surface area (Å²) in [6, 6.07) is 13.1. The Kier molecular flexibility index (Phi) is 6.85. The van der Waals surface area contributed by atoms with Crippen LogP contribution in [0.5, 0.6) is 11.5 Å². The second-order valence-corrected chi connectivity index (χ2v) is 7.63. The van der Waals surface area contributed by atoms with Crippen LogP contribution in [0.4, 0.5) is 4.39 Å². The second-order valence-electron chi connectivity index (χ2n) is 6.82. The number of benzene rings is 3. The molecular formula is C23H20Cl2FNO3. The number of carbonyl (C=O) groups is 1. The second kappa shape index (κ2) is 9.37. The van der Waals surface area contributed by atoms with Crippen LogP contribution in [-0.2, 0) is 11.2 Å². The number of phenolic OH excluding ortho intramolecular Hbond substituents is 1. The van der Waals surface area contributed by atoms with Crippen molar-refractivity contribution in [2.75, 3.05) is 13.7 Å². The minimum atomic E-state index is -0.337.